The Labute approximate surface area is 398 Å². The minimum atomic E-state index is -0.0410. The van der Waals surface area contributed by atoms with Gasteiger partial charge >= 0.3 is 0 Å². The molecule has 0 unspecified atom stereocenters. The zero-order chi connectivity index (χ0) is 46.2. The molecule has 5 heteroatoms. The van der Waals surface area contributed by atoms with Crippen LogP contribution in [-0.4, -0.2) is 6.71 Å². The molecule has 0 aliphatic carbocycles. The fraction of sp³-hybridized carbons (Fsp3) is 0.143. The van der Waals surface area contributed by atoms with Gasteiger partial charge in [0.25, 0.3) is 6.71 Å². The molecule has 11 aromatic rings. The van der Waals surface area contributed by atoms with E-state index in [1.807, 2.05) is 18.2 Å². The minimum Gasteiger partial charge on any atom is -0.456 e. The first-order valence-corrected chi connectivity index (χ1v) is 23.9. The van der Waals surface area contributed by atoms with Crippen LogP contribution >= 0.6 is 0 Å². The zero-order valence-electron chi connectivity index (χ0n) is 39.6. The molecule has 0 radical (unpaired) electrons. The van der Waals surface area contributed by atoms with E-state index in [9.17, 15) is 0 Å². The summed E-state index contributed by atoms with van der Waals surface area (Å²) in [6, 6.07) is 67.2. The lowest BCUT2D eigenvalue weighted by atomic mass is 9.33. The summed E-state index contributed by atoms with van der Waals surface area (Å²) in [5, 5.41) is 4.56. The van der Waals surface area contributed by atoms with Crippen molar-refractivity contribution in [2.75, 3.05) is 9.80 Å². The summed E-state index contributed by atoms with van der Waals surface area (Å²) < 4.78 is 12.8. The van der Waals surface area contributed by atoms with Crippen LogP contribution in [0.5, 0.6) is 0 Å². The van der Waals surface area contributed by atoms with Crippen LogP contribution in [0.15, 0.2) is 191 Å². The maximum absolute atomic E-state index is 6.51. The maximum atomic E-state index is 6.51. The van der Waals surface area contributed by atoms with Gasteiger partial charge < -0.3 is 18.6 Å². The first-order chi connectivity index (χ1) is 32.9. The predicted octanol–water partition coefficient (Wildman–Crippen LogP) is 15.8. The van der Waals surface area contributed by atoms with Crippen LogP contribution in [-0.2, 0) is 10.8 Å². The molecule has 0 saturated heterocycles. The average Bonchev–Trinajstić information content (AvgIpc) is 3.91. The number of rotatable bonds is 4. The Morgan fingerprint density at radius 1 is 0.397 bits per heavy atom. The molecule has 0 saturated carbocycles. The second kappa shape index (κ2) is 14.6. The summed E-state index contributed by atoms with van der Waals surface area (Å²) in [5.74, 6) is 0. The van der Waals surface area contributed by atoms with Gasteiger partial charge in [-0.05, 0) is 140 Å². The number of para-hydroxylation sites is 3. The summed E-state index contributed by atoms with van der Waals surface area (Å²) in [5.41, 5.74) is 23.0. The van der Waals surface area contributed by atoms with E-state index < -0.39 is 0 Å². The molecule has 4 heterocycles. The van der Waals surface area contributed by atoms with E-state index in [-0.39, 0.29) is 17.5 Å². The SMILES string of the molecule is Cc1cc2c3c(c1)N(c1ccc(-c4ccc5c(c4)oc4ccccc45)cc1)c1cc(C(C)(C)C)ccc1B3c1cc(C(C)(C)C)ccc1N2c1ccc(-c2cccc3c2oc2ccccc23)cc1. The van der Waals surface area contributed by atoms with E-state index >= 15 is 0 Å². The van der Waals surface area contributed by atoms with Gasteiger partial charge in [0.05, 0.1) is 0 Å². The molecule has 0 fully saturated rings. The van der Waals surface area contributed by atoms with Gasteiger partial charge in [-0.15, -0.1) is 0 Å². The molecular formula is C63H51BN2O2. The van der Waals surface area contributed by atoms with Gasteiger partial charge in [0.15, 0.2) is 0 Å². The van der Waals surface area contributed by atoms with Gasteiger partial charge in [0.2, 0.25) is 0 Å². The van der Waals surface area contributed by atoms with Crippen molar-refractivity contribution < 1.29 is 8.83 Å². The van der Waals surface area contributed by atoms with Crippen molar-refractivity contribution >= 4 is 101 Å². The predicted molar refractivity (Wildman–Crippen MR) is 288 cm³/mol. The van der Waals surface area contributed by atoms with Crippen LogP contribution in [0.3, 0.4) is 0 Å². The monoisotopic (exact) mass is 878 g/mol. The Morgan fingerprint density at radius 2 is 0.956 bits per heavy atom. The molecule has 0 amide bonds. The number of furan rings is 2. The van der Waals surface area contributed by atoms with E-state index in [4.69, 9.17) is 8.83 Å². The highest BCUT2D eigenvalue weighted by Gasteiger charge is 2.44. The van der Waals surface area contributed by atoms with Crippen LogP contribution in [0, 0.1) is 6.92 Å². The lowest BCUT2D eigenvalue weighted by Gasteiger charge is -2.45. The first-order valence-electron chi connectivity index (χ1n) is 23.9. The summed E-state index contributed by atoms with van der Waals surface area (Å²) in [6.07, 6.45) is 0. The topological polar surface area (TPSA) is 32.8 Å². The van der Waals surface area contributed by atoms with Crippen molar-refractivity contribution in [2.24, 2.45) is 0 Å². The highest BCUT2D eigenvalue weighted by Crippen LogP contribution is 2.47. The van der Waals surface area contributed by atoms with Crippen LogP contribution in [0.2, 0.25) is 0 Å². The third kappa shape index (κ3) is 6.22. The molecule has 2 aliphatic rings. The summed E-state index contributed by atoms with van der Waals surface area (Å²) in [4.78, 5) is 5.05. The molecular weight excluding hydrogens is 828 g/mol. The molecule has 13 rings (SSSR count). The van der Waals surface area contributed by atoms with Crippen molar-refractivity contribution in [3.63, 3.8) is 0 Å². The maximum Gasteiger partial charge on any atom is 0.252 e. The quantitative estimate of drug-likeness (QED) is 0.165. The molecule has 2 aliphatic heterocycles. The van der Waals surface area contributed by atoms with E-state index in [1.165, 1.54) is 55.8 Å². The fourth-order valence-corrected chi connectivity index (χ4v) is 11.1. The van der Waals surface area contributed by atoms with E-state index in [1.54, 1.807) is 0 Å². The highest BCUT2D eigenvalue weighted by atomic mass is 16.3. The highest BCUT2D eigenvalue weighted by molar-refractivity contribution is 7.00. The Hall–Kier alpha value is -7.76. The number of nitrogens with zero attached hydrogens (tertiary/aromatic N) is 2. The Morgan fingerprint density at radius 3 is 1.65 bits per heavy atom. The van der Waals surface area contributed by atoms with Crippen LogP contribution in [0.4, 0.5) is 34.1 Å². The molecule has 2 aromatic heterocycles. The Bertz CT molecular complexity index is 3840. The second-order valence-electron chi connectivity index (χ2n) is 21.1. The van der Waals surface area contributed by atoms with Gasteiger partial charge in [-0.3, -0.25) is 0 Å². The average molecular weight is 879 g/mol. The summed E-state index contributed by atoms with van der Waals surface area (Å²) in [6.45, 7) is 16.2. The molecule has 4 nitrogen and oxygen atoms in total. The van der Waals surface area contributed by atoms with Gasteiger partial charge in [0.1, 0.15) is 22.3 Å². The number of hydrogen-bond acceptors (Lipinski definition) is 4. The number of fused-ring (bicyclic) bond motifs is 10. The molecule has 9 aromatic carbocycles. The molecule has 0 N–H and O–H groups in total. The first kappa shape index (κ1) is 40.5. The lowest BCUT2D eigenvalue weighted by molar-refractivity contribution is 0.590. The lowest BCUT2D eigenvalue weighted by Crippen LogP contribution is -2.61. The third-order valence-corrected chi connectivity index (χ3v) is 14.6. The summed E-state index contributed by atoms with van der Waals surface area (Å²) in [7, 11) is 0. The van der Waals surface area contributed by atoms with Crippen molar-refractivity contribution in [3.8, 4) is 22.3 Å². The van der Waals surface area contributed by atoms with Crippen LogP contribution in [0.25, 0.3) is 66.1 Å². The van der Waals surface area contributed by atoms with Crippen molar-refractivity contribution in [3.05, 3.63) is 199 Å². The van der Waals surface area contributed by atoms with Gasteiger partial charge in [0, 0.05) is 61.2 Å². The minimum absolute atomic E-state index is 0.0224. The molecule has 68 heavy (non-hydrogen) atoms. The fourth-order valence-electron chi connectivity index (χ4n) is 11.1. The van der Waals surface area contributed by atoms with Gasteiger partial charge in [-0.25, -0.2) is 0 Å². The van der Waals surface area contributed by atoms with Crippen molar-refractivity contribution in [1.82, 2.24) is 0 Å². The largest absolute Gasteiger partial charge is 0.456 e. The third-order valence-electron chi connectivity index (χ3n) is 14.6. The smallest absolute Gasteiger partial charge is 0.252 e. The van der Waals surface area contributed by atoms with Gasteiger partial charge in [-0.1, -0.05) is 151 Å². The number of hydrogen-bond donors (Lipinski definition) is 0. The molecule has 328 valence electrons. The van der Waals surface area contributed by atoms with Crippen LogP contribution < -0.4 is 26.2 Å². The second-order valence-corrected chi connectivity index (χ2v) is 21.1. The Balaban J connectivity index is 0.988. The number of aryl methyl sites for hydroxylation is 1. The zero-order valence-corrected chi connectivity index (χ0v) is 39.6. The van der Waals surface area contributed by atoms with E-state index in [0.29, 0.717) is 0 Å². The normalized spacial score (nSPS) is 13.4. The van der Waals surface area contributed by atoms with Gasteiger partial charge in [-0.2, -0.15) is 0 Å². The van der Waals surface area contributed by atoms with E-state index in [2.05, 4.69) is 222 Å². The number of benzene rings is 9. The molecule has 0 atom stereocenters. The molecule has 0 bridgehead atoms. The van der Waals surface area contributed by atoms with Crippen molar-refractivity contribution in [2.45, 2.75) is 59.3 Å². The standard InChI is InChI=1S/C63H51BN2O2/c1-38-33-55-60-56(34-38)66(45-26-19-39(20-27-45)41-23-30-49-47-13-8-10-17-57(47)67-59(49)35-41)54-37-43(63(5,6)7)24-31-51(54)64(60)52-36-42(62(2,3)4)25-32-53(52)65(55)44-28-21-40(22-29-44)46-15-12-16-50-48-14-9-11-18-58(48)68-61(46)50/h8-37H,1-7H3. The number of anilines is 6. The summed E-state index contributed by atoms with van der Waals surface area (Å²) >= 11 is 0. The van der Waals surface area contributed by atoms with Crippen LogP contribution in [0.1, 0.15) is 58.2 Å². The molecule has 0 spiro atoms. The Kier molecular flexibility index (Phi) is 8.71. The van der Waals surface area contributed by atoms with E-state index in [0.717, 1.165) is 77.5 Å². The van der Waals surface area contributed by atoms with Crippen molar-refractivity contribution in [1.29, 1.82) is 0 Å².